The normalized spacial score (nSPS) is 14.2. The summed E-state index contributed by atoms with van der Waals surface area (Å²) in [4.78, 5) is 26.5. The lowest BCUT2D eigenvalue weighted by Crippen LogP contribution is -2.15. The highest BCUT2D eigenvalue weighted by Crippen LogP contribution is 2.16. The Bertz CT molecular complexity index is 625. The van der Waals surface area contributed by atoms with Crippen molar-refractivity contribution < 1.29 is 9.59 Å². The Kier molecular flexibility index (Phi) is 4.65. The maximum absolute atomic E-state index is 11.7. The summed E-state index contributed by atoms with van der Waals surface area (Å²) in [7, 11) is 0. The summed E-state index contributed by atoms with van der Waals surface area (Å²) >= 11 is 6.77. The van der Waals surface area contributed by atoms with Crippen molar-refractivity contribution in [1.29, 1.82) is 0 Å². The zero-order valence-electron chi connectivity index (χ0n) is 10.2. The minimum Gasteiger partial charge on any atom is -0.325 e. The molecule has 2 amide bonds. The summed E-state index contributed by atoms with van der Waals surface area (Å²) in [6, 6.07) is 6.73. The maximum Gasteiger partial charge on any atom is 0.299 e. The number of benzene rings is 1. The van der Waals surface area contributed by atoms with Crippen LogP contribution in [0.25, 0.3) is 0 Å². The van der Waals surface area contributed by atoms with E-state index in [1.165, 1.54) is 0 Å². The number of thioether (sulfide) groups is 1. The fraction of sp³-hybridized carbons (Fsp3) is 0.0833. The molecule has 1 aromatic rings. The SMILES string of the molecule is C=C1N=NC(SCC(=O)Nc2ccc(Cl)cc2)=NC1=O. The molecule has 0 saturated heterocycles. The minimum absolute atomic E-state index is 0.0139. The molecule has 1 N–H and O–H groups in total. The van der Waals surface area contributed by atoms with Gasteiger partial charge in [0, 0.05) is 10.7 Å². The molecule has 8 heteroatoms. The Labute approximate surface area is 124 Å². The van der Waals surface area contributed by atoms with Crippen LogP contribution in [0, 0.1) is 0 Å². The van der Waals surface area contributed by atoms with Gasteiger partial charge in [-0.05, 0) is 24.3 Å². The minimum atomic E-state index is -0.541. The lowest BCUT2D eigenvalue weighted by molar-refractivity contribution is -0.115. The Balaban J connectivity index is 1.85. The van der Waals surface area contributed by atoms with E-state index in [0.717, 1.165) is 11.8 Å². The van der Waals surface area contributed by atoms with Crippen LogP contribution in [0.4, 0.5) is 5.69 Å². The summed E-state index contributed by atoms with van der Waals surface area (Å²) in [5, 5.41) is 10.6. The number of amides is 2. The summed E-state index contributed by atoms with van der Waals surface area (Å²) in [6.07, 6.45) is 0. The summed E-state index contributed by atoms with van der Waals surface area (Å²) < 4.78 is 0. The smallest absolute Gasteiger partial charge is 0.299 e. The predicted octanol–water partition coefficient (Wildman–Crippen LogP) is 2.87. The van der Waals surface area contributed by atoms with Crippen molar-refractivity contribution in [3.05, 3.63) is 41.6 Å². The van der Waals surface area contributed by atoms with Crippen LogP contribution >= 0.6 is 23.4 Å². The number of nitrogens with one attached hydrogen (secondary N) is 1. The highest BCUT2D eigenvalue weighted by Gasteiger charge is 2.14. The van der Waals surface area contributed by atoms with Gasteiger partial charge < -0.3 is 5.32 Å². The van der Waals surface area contributed by atoms with Gasteiger partial charge in [-0.3, -0.25) is 9.59 Å². The Morgan fingerprint density at radius 3 is 2.65 bits per heavy atom. The topological polar surface area (TPSA) is 83.2 Å². The molecular weight excluding hydrogens is 300 g/mol. The van der Waals surface area contributed by atoms with Gasteiger partial charge in [0.25, 0.3) is 5.91 Å². The van der Waals surface area contributed by atoms with Gasteiger partial charge in [0.15, 0.2) is 0 Å². The molecule has 0 spiro atoms. The van der Waals surface area contributed by atoms with Crippen LogP contribution in [0.1, 0.15) is 0 Å². The Hall–Kier alpha value is -1.99. The first kappa shape index (κ1) is 14.4. The van der Waals surface area contributed by atoms with Gasteiger partial charge in [0.2, 0.25) is 11.1 Å². The monoisotopic (exact) mass is 308 g/mol. The van der Waals surface area contributed by atoms with E-state index >= 15 is 0 Å². The largest absolute Gasteiger partial charge is 0.325 e. The number of anilines is 1. The molecule has 102 valence electrons. The summed E-state index contributed by atoms with van der Waals surface area (Å²) in [5.74, 6) is -0.715. The molecule has 20 heavy (non-hydrogen) atoms. The van der Waals surface area contributed by atoms with Gasteiger partial charge >= 0.3 is 0 Å². The van der Waals surface area contributed by atoms with E-state index in [9.17, 15) is 9.59 Å². The van der Waals surface area contributed by atoms with E-state index in [-0.39, 0.29) is 22.5 Å². The maximum atomic E-state index is 11.7. The highest BCUT2D eigenvalue weighted by atomic mass is 35.5. The van der Waals surface area contributed by atoms with Crippen LogP contribution in [-0.4, -0.2) is 22.7 Å². The molecule has 0 aliphatic carbocycles. The quantitative estimate of drug-likeness (QED) is 0.871. The number of halogens is 1. The number of aliphatic imine (C=N–C) groups is 1. The standard InChI is InChI=1S/C12H9ClN4O2S/c1-7-11(19)15-12(17-16-7)20-6-10(18)14-9-4-2-8(13)3-5-9/h2-5H,1,6H2,(H,14,18). The van der Waals surface area contributed by atoms with Crippen LogP contribution < -0.4 is 5.32 Å². The molecule has 1 heterocycles. The zero-order chi connectivity index (χ0) is 14.5. The summed E-state index contributed by atoms with van der Waals surface area (Å²) in [5.41, 5.74) is 0.622. The van der Waals surface area contributed by atoms with E-state index in [4.69, 9.17) is 11.6 Å². The van der Waals surface area contributed by atoms with Gasteiger partial charge in [-0.1, -0.05) is 29.9 Å². The van der Waals surface area contributed by atoms with Crippen molar-refractivity contribution >= 4 is 46.0 Å². The number of hydrogen-bond donors (Lipinski definition) is 1. The van der Waals surface area contributed by atoms with E-state index in [0.29, 0.717) is 10.7 Å². The van der Waals surface area contributed by atoms with Gasteiger partial charge in [0.05, 0.1) is 5.75 Å². The van der Waals surface area contributed by atoms with Crippen molar-refractivity contribution in [3.8, 4) is 0 Å². The van der Waals surface area contributed by atoms with E-state index in [2.05, 4.69) is 27.1 Å². The van der Waals surface area contributed by atoms with Crippen molar-refractivity contribution in [2.45, 2.75) is 0 Å². The average molecular weight is 309 g/mol. The average Bonchev–Trinajstić information content (AvgIpc) is 2.43. The zero-order valence-corrected chi connectivity index (χ0v) is 11.7. The molecule has 6 nitrogen and oxygen atoms in total. The molecule has 0 saturated carbocycles. The number of amidine groups is 1. The third kappa shape index (κ3) is 4.01. The van der Waals surface area contributed by atoms with Crippen LogP contribution in [0.15, 0.2) is 51.8 Å². The van der Waals surface area contributed by atoms with Crippen LogP contribution in [0.2, 0.25) is 5.02 Å². The van der Waals surface area contributed by atoms with E-state index in [1.54, 1.807) is 24.3 Å². The molecule has 1 aliphatic heterocycles. The Morgan fingerprint density at radius 1 is 1.30 bits per heavy atom. The van der Waals surface area contributed by atoms with Crippen molar-refractivity contribution in [1.82, 2.24) is 0 Å². The number of rotatable bonds is 3. The fourth-order valence-electron chi connectivity index (χ4n) is 1.24. The molecule has 0 aromatic heterocycles. The molecule has 0 fully saturated rings. The lowest BCUT2D eigenvalue weighted by Gasteiger charge is -2.06. The van der Waals surface area contributed by atoms with Crippen LogP contribution in [-0.2, 0) is 9.59 Å². The van der Waals surface area contributed by atoms with Gasteiger partial charge in [-0.15, -0.1) is 10.2 Å². The van der Waals surface area contributed by atoms with E-state index < -0.39 is 5.91 Å². The molecule has 1 aromatic carbocycles. The lowest BCUT2D eigenvalue weighted by atomic mass is 10.3. The van der Waals surface area contributed by atoms with E-state index in [1.807, 2.05) is 0 Å². The van der Waals surface area contributed by atoms with Crippen LogP contribution in [0.5, 0.6) is 0 Å². The van der Waals surface area contributed by atoms with Gasteiger partial charge in [-0.25, -0.2) is 0 Å². The van der Waals surface area contributed by atoms with Crippen LogP contribution in [0.3, 0.4) is 0 Å². The highest BCUT2D eigenvalue weighted by molar-refractivity contribution is 8.14. The number of carbonyl (C=O) groups is 2. The first-order valence-electron chi connectivity index (χ1n) is 5.46. The third-order valence-electron chi connectivity index (χ3n) is 2.16. The number of azo groups is 1. The van der Waals surface area contributed by atoms with Gasteiger partial charge in [-0.2, -0.15) is 4.99 Å². The molecule has 1 aliphatic rings. The summed E-state index contributed by atoms with van der Waals surface area (Å²) in [6.45, 7) is 3.37. The second-order valence-corrected chi connectivity index (χ2v) is 5.07. The van der Waals surface area contributed by atoms with Gasteiger partial charge in [0.1, 0.15) is 5.70 Å². The predicted molar refractivity (Wildman–Crippen MR) is 79.0 cm³/mol. The molecule has 0 radical (unpaired) electrons. The van der Waals surface area contributed by atoms with Crippen molar-refractivity contribution in [2.75, 3.05) is 11.1 Å². The molecule has 0 atom stereocenters. The van der Waals surface area contributed by atoms with Crippen molar-refractivity contribution in [2.24, 2.45) is 15.2 Å². The number of nitrogens with zero attached hydrogens (tertiary/aromatic N) is 3. The second kappa shape index (κ2) is 6.44. The second-order valence-electron chi connectivity index (χ2n) is 3.69. The Morgan fingerprint density at radius 2 is 2.00 bits per heavy atom. The fourth-order valence-corrected chi connectivity index (χ4v) is 1.95. The number of hydrogen-bond acceptors (Lipinski definition) is 5. The first-order valence-corrected chi connectivity index (χ1v) is 6.83. The first-order chi connectivity index (χ1) is 9.54. The van der Waals surface area contributed by atoms with Crippen molar-refractivity contribution in [3.63, 3.8) is 0 Å². The third-order valence-corrected chi connectivity index (χ3v) is 3.25. The molecular formula is C12H9ClN4O2S. The molecule has 2 rings (SSSR count). The molecule has 0 bridgehead atoms. The number of carbonyl (C=O) groups excluding carboxylic acids is 2. The molecule has 0 unspecified atom stereocenters.